The summed E-state index contributed by atoms with van der Waals surface area (Å²) in [6.07, 6.45) is 0.364. The summed E-state index contributed by atoms with van der Waals surface area (Å²) in [4.78, 5) is 23.8. The summed E-state index contributed by atoms with van der Waals surface area (Å²) in [5, 5.41) is 5.57. The SMILES string of the molecule is CC1=NN(c2ccc(C(=O)C(C)(C)C)cc2)C(=O)C1. The molecule has 1 aliphatic rings. The highest BCUT2D eigenvalue weighted by atomic mass is 16.2. The van der Waals surface area contributed by atoms with E-state index in [1.165, 1.54) is 5.01 Å². The number of hydrazone groups is 1. The number of carbonyl (C=O) groups excluding carboxylic acids is 2. The van der Waals surface area contributed by atoms with Gasteiger partial charge in [-0.05, 0) is 31.2 Å². The zero-order chi connectivity index (χ0) is 14.2. The summed E-state index contributed by atoms with van der Waals surface area (Å²) in [6, 6.07) is 7.02. The molecule has 0 radical (unpaired) electrons. The number of carbonyl (C=O) groups is 2. The molecule has 0 bridgehead atoms. The van der Waals surface area contributed by atoms with E-state index in [1.807, 2.05) is 27.7 Å². The maximum Gasteiger partial charge on any atom is 0.253 e. The zero-order valence-electron chi connectivity index (χ0n) is 11.7. The molecule has 4 nitrogen and oxygen atoms in total. The van der Waals surface area contributed by atoms with Crippen LogP contribution in [-0.2, 0) is 4.79 Å². The summed E-state index contributed by atoms with van der Waals surface area (Å²) in [6.45, 7) is 7.50. The minimum absolute atomic E-state index is 0.0348. The molecule has 4 heteroatoms. The molecular weight excluding hydrogens is 240 g/mol. The molecule has 2 rings (SSSR count). The van der Waals surface area contributed by atoms with Gasteiger partial charge in [0.2, 0.25) is 0 Å². The van der Waals surface area contributed by atoms with Crippen molar-refractivity contribution in [2.45, 2.75) is 34.1 Å². The van der Waals surface area contributed by atoms with Gasteiger partial charge in [-0.2, -0.15) is 5.10 Å². The van der Waals surface area contributed by atoms with Crippen LogP contribution >= 0.6 is 0 Å². The molecule has 0 aromatic heterocycles. The third kappa shape index (κ3) is 2.72. The van der Waals surface area contributed by atoms with Gasteiger partial charge in [0, 0.05) is 16.7 Å². The summed E-state index contributed by atoms with van der Waals surface area (Å²) in [5.74, 6) is 0.0545. The first-order chi connectivity index (χ1) is 8.79. The number of Topliss-reactive ketones (excluding diaryl/α,β-unsaturated/α-hetero) is 1. The Bertz CT molecular complexity index is 551. The van der Waals surface area contributed by atoms with Crippen molar-refractivity contribution in [1.82, 2.24) is 0 Å². The van der Waals surface area contributed by atoms with Crippen molar-refractivity contribution < 1.29 is 9.59 Å². The highest BCUT2D eigenvalue weighted by Gasteiger charge is 2.25. The Morgan fingerprint density at radius 1 is 1.21 bits per heavy atom. The predicted molar refractivity (Wildman–Crippen MR) is 75.4 cm³/mol. The minimum atomic E-state index is -0.403. The van der Waals surface area contributed by atoms with Crippen molar-refractivity contribution >= 4 is 23.1 Å². The maximum atomic E-state index is 12.1. The molecule has 0 unspecified atom stereocenters. The first kappa shape index (κ1) is 13.5. The summed E-state index contributed by atoms with van der Waals surface area (Å²) in [5.41, 5.74) is 1.76. The smallest absolute Gasteiger partial charge is 0.253 e. The molecular formula is C15H18N2O2. The second kappa shape index (κ2) is 4.61. The summed E-state index contributed by atoms with van der Waals surface area (Å²) < 4.78 is 0. The lowest BCUT2D eigenvalue weighted by atomic mass is 9.86. The number of nitrogens with zero attached hydrogens (tertiary/aromatic N) is 2. The third-order valence-corrected chi connectivity index (χ3v) is 2.97. The molecule has 1 aromatic carbocycles. The molecule has 0 fully saturated rings. The van der Waals surface area contributed by atoms with Gasteiger partial charge in [0.25, 0.3) is 5.91 Å². The van der Waals surface area contributed by atoms with Crippen LogP contribution in [0.2, 0.25) is 0 Å². The van der Waals surface area contributed by atoms with Gasteiger partial charge < -0.3 is 0 Å². The van der Waals surface area contributed by atoms with Crippen LogP contribution in [0.15, 0.2) is 29.4 Å². The predicted octanol–water partition coefficient (Wildman–Crippen LogP) is 3.03. The molecule has 0 aliphatic carbocycles. The number of hydrogen-bond acceptors (Lipinski definition) is 3. The van der Waals surface area contributed by atoms with Crippen LogP contribution in [0.1, 0.15) is 44.5 Å². The van der Waals surface area contributed by atoms with Crippen molar-refractivity contribution in [3.63, 3.8) is 0 Å². The number of rotatable bonds is 2. The standard InChI is InChI=1S/C15H18N2O2/c1-10-9-13(18)17(16-10)12-7-5-11(6-8-12)14(19)15(2,3)4/h5-8H,9H2,1-4H3. The van der Waals surface area contributed by atoms with E-state index in [0.29, 0.717) is 17.7 Å². The number of benzene rings is 1. The summed E-state index contributed by atoms with van der Waals surface area (Å²) >= 11 is 0. The number of ketones is 1. The van der Waals surface area contributed by atoms with Gasteiger partial charge in [0.1, 0.15) is 0 Å². The Hall–Kier alpha value is -1.97. The van der Waals surface area contributed by atoms with Gasteiger partial charge in [0.15, 0.2) is 5.78 Å². The zero-order valence-corrected chi connectivity index (χ0v) is 11.7. The average molecular weight is 258 g/mol. The largest absolute Gasteiger partial charge is 0.294 e. The molecule has 1 aromatic rings. The highest BCUT2D eigenvalue weighted by molar-refractivity contribution is 6.12. The van der Waals surface area contributed by atoms with E-state index in [2.05, 4.69) is 5.10 Å². The molecule has 0 saturated carbocycles. The Balaban J connectivity index is 2.25. The van der Waals surface area contributed by atoms with Gasteiger partial charge in [-0.25, -0.2) is 5.01 Å². The van der Waals surface area contributed by atoms with E-state index < -0.39 is 5.41 Å². The fourth-order valence-corrected chi connectivity index (χ4v) is 1.94. The van der Waals surface area contributed by atoms with Crippen LogP contribution in [0.4, 0.5) is 5.69 Å². The number of amides is 1. The lowest BCUT2D eigenvalue weighted by Gasteiger charge is -2.17. The van der Waals surface area contributed by atoms with Crippen molar-refractivity contribution in [3.05, 3.63) is 29.8 Å². The number of anilines is 1. The van der Waals surface area contributed by atoms with Gasteiger partial charge in [-0.15, -0.1) is 0 Å². The van der Waals surface area contributed by atoms with Crippen molar-refractivity contribution in [3.8, 4) is 0 Å². The fourth-order valence-electron chi connectivity index (χ4n) is 1.94. The van der Waals surface area contributed by atoms with Crippen LogP contribution in [0.25, 0.3) is 0 Å². The molecule has 0 saturated heterocycles. The van der Waals surface area contributed by atoms with Gasteiger partial charge >= 0.3 is 0 Å². The lowest BCUT2D eigenvalue weighted by Crippen LogP contribution is -2.21. The quantitative estimate of drug-likeness (QED) is 0.765. The van der Waals surface area contributed by atoms with Crippen molar-refractivity contribution in [2.24, 2.45) is 10.5 Å². The van der Waals surface area contributed by atoms with Crippen LogP contribution in [0.3, 0.4) is 0 Å². The van der Waals surface area contributed by atoms with E-state index >= 15 is 0 Å². The maximum absolute atomic E-state index is 12.1. The molecule has 1 amide bonds. The van der Waals surface area contributed by atoms with E-state index in [9.17, 15) is 9.59 Å². The lowest BCUT2D eigenvalue weighted by molar-refractivity contribution is -0.116. The Morgan fingerprint density at radius 2 is 1.79 bits per heavy atom. The molecule has 19 heavy (non-hydrogen) atoms. The molecule has 1 heterocycles. The van der Waals surface area contributed by atoms with Crippen molar-refractivity contribution in [2.75, 3.05) is 5.01 Å². The van der Waals surface area contributed by atoms with E-state index in [4.69, 9.17) is 0 Å². The Kier molecular flexibility index (Phi) is 3.27. The number of hydrogen-bond donors (Lipinski definition) is 0. The first-order valence-electron chi connectivity index (χ1n) is 6.31. The monoisotopic (exact) mass is 258 g/mol. The third-order valence-electron chi connectivity index (χ3n) is 2.97. The van der Waals surface area contributed by atoms with Gasteiger partial charge in [-0.1, -0.05) is 20.8 Å². The molecule has 0 spiro atoms. The molecule has 0 atom stereocenters. The normalized spacial score (nSPS) is 15.7. The van der Waals surface area contributed by atoms with E-state index in [0.717, 1.165) is 5.71 Å². The van der Waals surface area contributed by atoms with Crippen LogP contribution < -0.4 is 5.01 Å². The molecule has 1 aliphatic heterocycles. The molecule has 100 valence electrons. The van der Waals surface area contributed by atoms with Gasteiger partial charge in [0.05, 0.1) is 12.1 Å². The topological polar surface area (TPSA) is 49.7 Å². The van der Waals surface area contributed by atoms with Crippen molar-refractivity contribution in [1.29, 1.82) is 0 Å². The average Bonchev–Trinajstić information content (AvgIpc) is 2.66. The second-order valence-electron chi connectivity index (χ2n) is 5.84. The summed E-state index contributed by atoms with van der Waals surface area (Å²) in [7, 11) is 0. The minimum Gasteiger partial charge on any atom is -0.294 e. The van der Waals surface area contributed by atoms with E-state index in [-0.39, 0.29) is 11.7 Å². The highest BCUT2D eigenvalue weighted by Crippen LogP contribution is 2.24. The molecule has 0 N–H and O–H groups in total. The van der Waals surface area contributed by atoms with Gasteiger partial charge in [-0.3, -0.25) is 9.59 Å². The van der Waals surface area contributed by atoms with E-state index in [1.54, 1.807) is 24.3 Å². The fraction of sp³-hybridized carbons (Fsp3) is 0.400. The Morgan fingerprint density at radius 3 is 2.21 bits per heavy atom. The van der Waals surface area contributed by atoms with Crippen LogP contribution in [0.5, 0.6) is 0 Å². The van der Waals surface area contributed by atoms with Crippen LogP contribution in [-0.4, -0.2) is 17.4 Å². The Labute approximate surface area is 113 Å². The first-order valence-corrected chi connectivity index (χ1v) is 6.31. The van der Waals surface area contributed by atoms with Crippen LogP contribution in [0, 0.1) is 5.41 Å². The second-order valence-corrected chi connectivity index (χ2v) is 5.84.